The summed E-state index contributed by atoms with van der Waals surface area (Å²) in [5.74, 6) is -3.32. The Balaban J connectivity index is 1.41. The molecule has 15 heteroatoms. The van der Waals surface area contributed by atoms with Gasteiger partial charge in [0.15, 0.2) is 0 Å². The number of nitrogens with two attached hydrogens (primary N) is 1. The fourth-order valence-electron chi connectivity index (χ4n) is 4.29. The van der Waals surface area contributed by atoms with Crippen molar-refractivity contribution >= 4 is 47.2 Å². The zero-order chi connectivity index (χ0) is 29.4. The predicted octanol–water partition coefficient (Wildman–Crippen LogP) is -0.562. The molecule has 4 rings (SSSR count). The number of carboxylic acid groups (broad SMARTS) is 1. The number of benzene rings is 1. The van der Waals surface area contributed by atoms with Crippen LogP contribution in [0.25, 0.3) is 10.9 Å². The Labute approximate surface area is 239 Å². The van der Waals surface area contributed by atoms with E-state index in [0.717, 1.165) is 16.5 Å². The molecule has 4 atom stereocenters. The number of nitrogens with zero attached hydrogens (tertiary/aromatic N) is 2. The number of carbonyl (C=O) groups excluding carboxylic acids is 3. The highest BCUT2D eigenvalue weighted by atomic mass is 32.1. The molecule has 41 heavy (non-hydrogen) atoms. The molecule has 0 saturated carbocycles. The summed E-state index contributed by atoms with van der Waals surface area (Å²) in [5.41, 5.74) is 8.97. The van der Waals surface area contributed by atoms with Crippen LogP contribution in [0.2, 0.25) is 0 Å². The van der Waals surface area contributed by atoms with Gasteiger partial charge >= 0.3 is 5.97 Å². The van der Waals surface area contributed by atoms with Crippen LogP contribution in [0.1, 0.15) is 17.0 Å². The largest absolute Gasteiger partial charge is 0.480 e. The van der Waals surface area contributed by atoms with E-state index in [0.29, 0.717) is 11.4 Å². The molecule has 0 radical (unpaired) electrons. The zero-order valence-electron chi connectivity index (χ0n) is 21.8. The van der Waals surface area contributed by atoms with Gasteiger partial charge in [0.25, 0.3) is 0 Å². The van der Waals surface area contributed by atoms with Crippen molar-refractivity contribution in [2.75, 3.05) is 5.75 Å². The maximum atomic E-state index is 13.2. The smallest absolute Gasteiger partial charge is 0.326 e. The van der Waals surface area contributed by atoms with Crippen molar-refractivity contribution in [3.8, 4) is 0 Å². The number of hydrogen-bond acceptors (Lipinski definition) is 8. The number of aliphatic carboxylic acids is 1. The number of carboxylic acids is 1. The molecule has 4 aromatic rings. The third-order valence-electron chi connectivity index (χ3n) is 6.47. The second-order valence-corrected chi connectivity index (χ2v) is 9.80. The van der Waals surface area contributed by atoms with Crippen molar-refractivity contribution in [2.24, 2.45) is 5.73 Å². The van der Waals surface area contributed by atoms with E-state index in [1.165, 1.54) is 25.0 Å². The number of H-pyrrole nitrogens is 3. The van der Waals surface area contributed by atoms with Crippen molar-refractivity contribution in [3.63, 3.8) is 0 Å². The van der Waals surface area contributed by atoms with Crippen molar-refractivity contribution < 1.29 is 24.3 Å². The normalized spacial score (nSPS) is 14.1. The number of hydrogen-bond donors (Lipinski definition) is 9. The zero-order valence-corrected chi connectivity index (χ0v) is 22.7. The number of carbonyl (C=O) groups is 4. The first kappa shape index (κ1) is 29.4. The van der Waals surface area contributed by atoms with Crippen LogP contribution in [0.5, 0.6) is 0 Å². The molecule has 0 aliphatic heterocycles. The summed E-state index contributed by atoms with van der Waals surface area (Å²) in [5, 5.41) is 18.3. The molecule has 3 amide bonds. The number of fused-ring (bicyclic) bond motifs is 1. The number of amides is 3. The van der Waals surface area contributed by atoms with Crippen molar-refractivity contribution in [1.29, 1.82) is 0 Å². The molecule has 0 aliphatic rings. The van der Waals surface area contributed by atoms with Gasteiger partial charge in [-0.15, -0.1) is 0 Å². The molecular formula is C26H31N9O5S. The maximum absolute atomic E-state index is 13.2. The minimum Gasteiger partial charge on any atom is -0.480 e. The molecule has 3 aromatic heterocycles. The molecule has 14 nitrogen and oxygen atoms in total. The van der Waals surface area contributed by atoms with Crippen LogP contribution in [-0.2, 0) is 38.4 Å². The van der Waals surface area contributed by atoms with E-state index >= 15 is 0 Å². The second-order valence-electron chi connectivity index (χ2n) is 9.44. The van der Waals surface area contributed by atoms with Crippen molar-refractivity contribution in [1.82, 2.24) is 40.9 Å². The first-order valence-electron chi connectivity index (χ1n) is 12.7. The number of thiol groups is 1. The lowest BCUT2D eigenvalue weighted by Crippen LogP contribution is -2.58. The molecule has 0 spiro atoms. The van der Waals surface area contributed by atoms with Gasteiger partial charge in [0.1, 0.15) is 18.1 Å². The standard InChI is InChI=1S/C26H31N9O5S/c27-18(5-14-8-30-19-4-2-1-3-17(14)19)23(36)35-22(11-41)25(38)33-20(6-15-9-28-12-31-15)24(37)34-21(26(39)40)7-16-10-29-13-32-16/h1-4,8-10,12-13,18,20-22,30,41H,5-7,11,27H2,(H,28,31)(H,29,32)(H,33,38)(H,34,37)(H,35,36)(H,39,40). The van der Waals surface area contributed by atoms with E-state index in [9.17, 15) is 24.3 Å². The summed E-state index contributed by atoms with van der Waals surface area (Å²) in [6.07, 6.45) is 7.70. The Morgan fingerprint density at radius 2 is 1.41 bits per heavy atom. The van der Waals surface area contributed by atoms with Crippen LogP contribution in [0.15, 0.2) is 55.5 Å². The van der Waals surface area contributed by atoms with Gasteiger partial charge in [-0.2, -0.15) is 12.6 Å². The van der Waals surface area contributed by atoms with Crippen LogP contribution in [-0.4, -0.2) is 83.6 Å². The van der Waals surface area contributed by atoms with Gasteiger partial charge in [0.2, 0.25) is 17.7 Å². The van der Waals surface area contributed by atoms with E-state index in [1.54, 1.807) is 6.20 Å². The fraction of sp³-hybridized carbons (Fsp3) is 0.308. The van der Waals surface area contributed by atoms with Crippen LogP contribution in [0, 0.1) is 0 Å². The molecule has 0 bridgehead atoms. The number of nitrogens with one attached hydrogen (secondary N) is 6. The third-order valence-corrected chi connectivity index (χ3v) is 6.84. The molecular weight excluding hydrogens is 550 g/mol. The number of aromatic nitrogens is 5. The van der Waals surface area contributed by atoms with Crippen LogP contribution < -0.4 is 21.7 Å². The summed E-state index contributed by atoms with van der Waals surface area (Å²) in [6.45, 7) is 0. The fourth-order valence-corrected chi connectivity index (χ4v) is 4.55. The molecule has 9 N–H and O–H groups in total. The van der Waals surface area contributed by atoms with E-state index in [4.69, 9.17) is 5.73 Å². The van der Waals surface area contributed by atoms with Crippen molar-refractivity contribution in [2.45, 2.75) is 43.4 Å². The number of para-hydroxylation sites is 1. The summed E-state index contributed by atoms with van der Waals surface area (Å²) >= 11 is 4.21. The number of imidazole rings is 2. The number of aromatic amines is 3. The number of rotatable bonds is 14. The topological polar surface area (TPSA) is 224 Å². The Hall–Kier alpha value is -4.63. The van der Waals surface area contributed by atoms with Gasteiger partial charge < -0.3 is 41.7 Å². The molecule has 3 heterocycles. The average molecular weight is 582 g/mol. The highest BCUT2D eigenvalue weighted by Gasteiger charge is 2.31. The molecule has 0 fully saturated rings. The monoisotopic (exact) mass is 581 g/mol. The Bertz CT molecular complexity index is 1470. The molecule has 1 aromatic carbocycles. The highest BCUT2D eigenvalue weighted by Crippen LogP contribution is 2.18. The lowest BCUT2D eigenvalue weighted by molar-refractivity contribution is -0.142. The summed E-state index contributed by atoms with van der Waals surface area (Å²) in [7, 11) is 0. The Kier molecular flexibility index (Phi) is 9.76. The quantitative estimate of drug-likeness (QED) is 0.0875. The van der Waals surface area contributed by atoms with Crippen molar-refractivity contribution in [3.05, 3.63) is 72.5 Å². The minimum absolute atomic E-state index is 0.0126. The summed E-state index contributed by atoms with van der Waals surface area (Å²) < 4.78 is 0. The van der Waals surface area contributed by atoms with Crippen LogP contribution in [0.3, 0.4) is 0 Å². The predicted molar refractivity (Wildman–Crippen MR) is 152 cm³/mol. The Morgan fingerprint density at radius 1 is 0.829 bits per heavy atom. The van der Waals surface area contributed by atoms with E-state index in [-0.39, 0.29) is 25.0 Å². The van der Waals surface area contributed by atoms with E-state index < -0.39 is 47.9 Å². The summed E-state index contributed by atoms with van der Waals surface area (Å²) in [4.78, 5) is 67.7. The molecule has 0 aliphatic carbocycles. The first-order chi connectivity index (χ1) is 19.7. The minimum atomic E-state index is -1.29. The highest BCUT2D eigenvalue weighted by molar-refractivity contribution is 7.80. The first-order valence-corrected chi connectivity index (χ1v) is 13.4. The van der Waals surface area contributed by atoms with Gasteiger partial charge in [0, 0.05) is 59.5 Å². The van der Waals surface area contributed by atoms with Crippen LogP contribution in [0.4, 0.5) is 0 Å². The Morgan fingerprint density at radius 3 is 2.02 bits per heavy atom. The lowest BCUT2D eigenvalue weighted by atomic mass is 10.0. The molecule has 216 valence electrons. The van der Waals surface area contributed by atoms with Gasteiger partial charge in [-0.1, -0.05) is 18.2 Å². The van der Waals surface area contributed by atoms with Gasteiger partial charge in [-0.25, -0.2) is 14.8 Å². The molecule has 4 unspecified atom stereocenters. The molecule has 0 saturated heterocycles. The summed E-state index contributed by atoms with van der Waals surface area (Å²) in [6, 6.07) is 3.08. The average Bonchev–Trinajstić information content (AvgIpc) is 3.74. The van der Waals surface area contributed by atoms with E-state index in [1.807, 2.05) is 24.3 Å². The third kappa shape index (κ3) is 7.73. The maximum Gasteiger partial charge on any atom is 0.326 e. The van der Waals surface area contributed by atoms with Gasteiger partial charge in [-0.3, -0.25) is 14.4 Å². The second kappa shape index (κ2) is 13.6. The van der Waals surface area contributed by atoms with E-state index in [2.05, 4.69) is 53.5 Å². The van der Waals surface area contributed by atoms with Crippen LogP contribution >= 0.6 is 12.6 Å². The SMILES string of the molecule is NC(Cc1c[nH]c2ccccc12)C(=O)NC(CS)C(=O)NC(Cc1cnc[nH]1)C(=O)NC(Cc1cnc[nH]1)C(=O)O. The van der Waals surface area contributed by atoms with Gasteiger partial charge in [-0.05, 0) is 18.1 Å². The van der Waals surface area contributed by atoms with Gasteiger partial charge in [0.05, 0.1) is 18.7 Å². The lowest BCUT2D eigenvalue weighted by Gasteiger charge is -2.24.